The number of carbonyl (C=O) groups excluding carboxylic acids is 2. The molecule has 2 aliphatic rings. The lowest BCUT2D eigenvalue weighted by atomic mass is 9.92. The summed E-state index contributed by atoms with van der Waals surface area (Å²) < 4.78 is 7.23. The maximum absolute atomic E-state index is 13.0. The van der Waals surface area contributed by atoms with Crippen LogP contribution in [0.2, 0.25) is 0 Å². The molecule has 0 aromatic rings. The lowest BCUT2D eigenvalue weighted by Gasteiger charge is -2.30. The molecule has 1 amide bonds. The lowest BCUT2D eigenvalue weighted by molar-refractivity contribution is -0.112. The summed E-state index contributed by atoms with van der Waals surface area (Å²) in [6.07, 6.45) is 6.97. The number of carbonyl (C=O) groups is 2. The second-order valence-electron chi connectivity index (χ2n) is 8.39. The molecule has 1 aliphatic carbocycles. The number of hydrogen-bond donors (Lipinski definition) is 1. The summed E-state index contributed by atoms with van der Waals surface area (Å²) in [6.45, 7) is 7.85. The molecule has 1 heterocycles. The standard InChI is InChI=1S/C21H27IN4O3S/c1-13-9-15-10-18(19(27)14(12-23)7-8-25(5)6)26(30-22)17(15)11-16(13)24-20(28)29-21(2,3)4/h7,9-11,15,17H,8H2,1-6H3,(H,24,28)/b14-7+. The Kier molecular flexibility index (Phi) is 8.19. The van der Waals surface area contributed by atoms with Crippen molar-refractivity contribution in [3.63, 3.8) is 0 Å². The number of rotatable bonds is 6. The normalized spacial score (nSPS) is 21.4. The van der Waals surface area contributed by atoms with Gasteiger partial charge in [-0.3, -0.25) is 14.4 Å². The van der Waals surface area contributed by atoms with Gasteiger partial charge in [0, 0.05) is 48.5 Å². The third-order valence-electron chi connectivity index (χ3n) is 4.43. The van der Waals surface area contributed by atoms with Crippen LogP contribution < -0.4 is 5.32 Å². The van der Waals surface area contributed by atoms with Crippen LogP contribution in [0.5, 0.6) is 0 Å². The van der Waals surface area contributed by atoms with Gasteiger partial charge >= 0.3 is 6.09 Å². The number of allylic oxidation sites excluding steroid dienone is 2. The molecule has 2 rings (SSSR count). The molecule has 30 heavy (non-hydrogen) atoms. The minimum Gasteiger partial charge on any atom is -0.444 e. The molecule has 0 bridgehead atoms. The fraction of sp³-hybridized carbons (Fsp3) is 0.476. The number of Topliss-reactive ketones (excluding diaryl/α,β-unsaturated/α-hetero) is 1. The van der Waals surface area contributed by atoms with Gasteiger partial charge in [-0.1, -0.05) is 6.08 Å². The maximum atomic E-state index is 13.0. The lowest BCUT2D eigenvalue weighted by Crippen LogP contribution is -2.36. The smallest absolute Gasteiger partial charge is 0.412 e. The van der Waals surface area contributed by atoms with Gasteiger partial charge in [-0.15, -0.1) is 0 Å². The van der Waals surface area contributed by atoms with E-state index in [1.54, 1.807) is 6.08 Å². The highest BCUT2D eigenvalue weighted by Gasteiger charge is 2.39. The van der Waals surface area contributed by atoms with Crippen LogP contribution in [0, 0.1) is 17.2 Å². The van der Waals surface area contributed by atoms with Crippen LogP contribution in [0.1, 0.15) is 27.7 Å². The first-order valence-corrected chi connectivity index (χ1v) is 12.8. The number of nitrogens with one attached hydrogen (secondary N) is 1. The molecular formula is C21H27IN4O3S. The fourth-order valence-corrected chi connectivity index (χ4v) is 5.03. The number of nitrogens with zero attached hydrogens (tertiary/aromatic N) is 3. The third kappa shape index (κ3) is 6.12. The van der Waals surface area contributed by atoms with Crippen molar-refractivity contribution in [2.24, 2.45) is 5.92 Å². The van der Waals surface area contributed by atoms with E-state index in [9.17, 15) is 14.9 Å². The molecular weight excluding hydrogens is 515 g/mol. The van der Waals surface area contributed by atoms with E-state index in [2.05, 4.69) is 26.5 Å². The molecule has 9 heteroatoms. The average molecular weight is 542 g/mol. The van der Waals surface area contributed by atoms with Gasteiger partial charge < -0.3 is 9.64 Å². The van der Waals surface area contributed by atoms with Crippen molar-refractivity contribution in [2.45, 2.75) is 39.3 Å². The van der Waals surface area contributed by atoms with Crippen LogP contribution in [0.3, 0.4) is 0 Å². The molecule has 0 aromatic heterocycles. The average Bonchev–Trinajstić information content (AvgIpc) is 2.97. The second kappa shape index (κ2) is 10.0. The van der Waals surface area contributed by atoms with Gasteiger partial charge in [0.2, 0.25) is 5.78 Å². The van der Waals surface area contributed by atoms with Gasteiger partial charge in [-0.05, 0) is 65.6 Å². The van der Waals surface area contributed by atoms with E-state index < -0.39 is 11.7 Å². The molecule has 2 unspecified atom stereocenters. The van der Waals surface area contributed by atoms with Crippen LogP contribution in [0.25, 0.3) is 0 Å². The maximum Gasteiger partial charge on any atom is 0.412 e. The number of nitriles is 1. The summed E-state index contributed by atoms with van der Waals surface area (Å²) in [4.78, 5) is 27.1. The topological polar surface area (TPSA) is 85.7 Å². The zero-order chi connectivity index (χ0) is 22.6. The van der Waals surface area contributed by atoms with E-state index in [-0.39, 0.29) is 23.3 Å². The van der Waals surface area contributed by atoms with E-state index in [0.717, 1.165) is 5.57 Å². The number of halogens is 1. The zero-order valence-corrected chi connectivity index (χ0v) is 21.0. The highest BCUT2D eigenvalue weighted by Crippen LogP contribution is 2.42. The summed E-state index contributed by atoms with van der Waals surface area (Å²) >= 11 is 2.13. The van der Waals surface area contributed by atoms with Gasteiger partial charge in [0.05, 0.1) is 17.3 Å². The number of amides is 1. The molecule has 7 nitrogen and oxygen atoms in total. The fourth-order valence-electron chi connectivity index (χ4n) is 3.09. The SMILES string of the molecule is CC1=CC2C=C(C(=O)/C(C#N)=C/CN(C)C)N(SI)C2C=C1NC(=O)OC(C)(C)C. The largest absolute Gasteiger partial charge is 0.444 e. The molecule has 0 aromatic carbocycles. The van der Waals surface area contributed by atoms with Crippen molar-refractivity contribution in [2.75, 3.05) is 20.6 Å². The number of hydrogen-bond acceptors (Lipinski definition) is 7. The number of alkyl carbamates (subject to hydrolysis) is 1. The van der Waals surface area contributed by atoms with Crippen molar-refractivity contribution in [3.8, 4) is 6.07 Å². The molecule has 0 fully saturated rings. The molecule has 162 valence electrons. The van der Waals surface area contributed by atoms with E-state index in [1.807, 2.05) is 75.3 Å². The third-order valence-corrected chi connectivity index (χ3v) is 6.29. The van der Waals surface area contributed by atoms with Gasteiger partial charge in [-0.25, -0.2) is 4.79 Å². The predicted molar refractivity (Wildman–Crippen MR) is 127 cm³/mol. The highest BCUT2D eigenvalue weighted by atomic mass is 127. The Bertz CT molecular complexity index is 878. The Morgan fingerprint density at radius 1 is 1.37 bits per heavy atom. The zero-order valence-electron chi connectivity index (χ0n) is 18.0. The van der Waals surface area contributed by atoms with Gasteiger partial charge in [0.15, 0.2) is 0 Å². The quantitative estimate of drug-likeness (QED) is 0.234. The van der Waals surface area contributed by atoms with Crippen LogP contribution in [-0.2, 0) is 9.53 Å². The Labute approximate surface area is 194 Å². The molecule has 0 saturated heterocycles. The van der Waals surface area contributed by atoms with E-state index >= 15 is 0 Å². The molecule has 2 atom stereocenters. The Morgan fingerprint density at radius 3 is 2.57 bits per heavy atom. The molecule has 1 N–H and O–H groups in total. The summed E-state index contributed by atoms with van der Waals surface area (Å²) in [7, 11) is 5.15. The van der Waals surface area contributed by atoms with E-state index in [0.29, 0.717) is 17.9 Å². The van der Waals surface area contributed by atoms with Crippen molar-refractivity contribution >= 4 is 42.2 Å². The van der Waals surface area contributed by atoms with Crippen molar-refractivity contribution in [1.82, 2.24) is 14.5 Å². The van der Waals surface area contributed by atoms with Gasteiger partial charge in [0.25, 0.3) is 0 Å². The number of likely N-dealkylation sites (N-methyl/N-ethyl adjacent to an activating group) is 1. The van der Waals surface area contributed by atoms with Crippen molar-refractivity contribution in [1.29, 1.82) is 5.26 Å². The summed E-state index contributed by atoms with van der Waals surface area (Å²) in [6, 6.07) is 1.88. The number of ketones is 1. The van der Waals surface area contributed by atoms with E-state index in [4.69, 9.17) is 4.74 Å². The summed E-state index contributed by atoms with van der Waals surface area (Å²) in [5, 5.41) is 12.3. The minimum absolute atomic E-state index is 0.0239. The highest BCUT2D eigenvalue weighted by molar-refractivity contribution is 14.2. The van der Waals surface area contributed by atoms with Crippen molar-refractivity contribution < 1.29 is 14.3 Å². The van der Waals surface area contributed by atoms with Crippen molar-refractivity contribution in [3.05, 3.63) is 46.8 Å². The number of ether oxygens (including phenoxy) is 1. The van der Waals surface area contributed by atoms with Crippen LogP contribution in [0.4, 0.5) is 4.79 Å². The second-order valence-corrected chi connectivity index (χ2v) is 10.1. The molecule has 0 spiro atoms. The Balaban J connectivity index is 2.26. The summed E-state index contributed by atoms with van der Waals surface area (Å²) in [5.74, 6) is -0.316. The minimum atomic E-state index is -0.593. The first-order chi connectivity index (χ1) is 14.0. The first-order valence-electron chi connectivity index (χ1n) is 9.47. The monoisotopic (exact) mass is 542 g/mol. The Morgan fingerprint density at radius 2 is 2.03 bits per heavy atom. The van der Waals surface area contributed by atoms with Crippen LogP contribution >= 0.6 is 30.3 Å². The number of fused-ring (bicyclic) bond motifs is 1. The molecule has 0 radical (unpaired) electrons. The predicted octanol–water partition coefficient (Wildman–Crippen LogP) is 4.12. The first kappa shape index (κ1) is 24.5. The van der Waals surface area contributed by atoms with Gasteiger partial charge in [0.1, 0.15) is 11.7 Å². The van der Waals surface area contributed by atoms with Gasteiger partial charge in [-0.2, -0.15) is 5.26 Å². The summed E-state index contributed by atoms with van der Waals surface area (Å²) in [5.41, 5.74) is 1.57. The Hall–Kier alpha value is -1.77. The van der Waals surface area contributed by atoms with Crippen LogP contribution in [-0.4, -0.2) is 53.4 Å². The molecule has 0 saturated carbocycles. The molecule has 1 aliphatic heterocycles. The van der Waals surface area contributed by atoms with Crippen LogP contribution in [0.15, 0.2) is 46.8 Å². The van der Waals surface area contributed by atoms with E-state index in [1.165, 1.54) is 9.12 Å².